The van der Waals surface area contributed by atoms with Gasteiger partial charge in [-0.05, 0) is 19.9 Å². The van der Waals surface area contributed by atoms with E-state index in [1.165, 1.54) is 26.0 Å². The van der Waals surface area contributed by atoms with Gasteiger partial charge in [-0.25, -0.2) is 0 Å². The molecule has 6 nitrogen and oxygen atoms in total. The lowest BCUT2D eigenvalue weighted by atomic mass is 9.99. The number of nitrogen functional groups attached to an aromatic ring is 1. The zero-order chi connectivity index (χ0) is 12.3. The quantitative estimate of drug-likeness (QED) is 0.362. The molecule has 0 radical (unpaired) electrons. The maximum absolute atomic E-state index is 11.3. The highest BCUT2D eigenvalue weighted by atomic mass is 16.7. The molecule has 0 spiro atoms. The van der Waals surface area contributed by atoms with E-state index < -0.39 is 0 Å². The molecule has 1 aromatic rings. The Morgan fingerprint density at radius 1 is 1.25 bits per heavy atom. The minimum atomic E-state index is -0.340. The molecule has 0 fully saturated rings. The molecule has 6 heteroatoms. The Bertz CT molecular complexity index is 468. The third kappa shape index (κ3) is 2.22. The number of anilines is 1. The average molecular weight is 222 g/mol. The highest BCUT2D eigenvalue weighted by molar-refractivity contribution is 6.10. The van der Waals surface area contributed by atoms with Gasteiger partial charge in [-0.15, -0.1) is 4.91 Å². The van der Waals surface area contributed by atoms with E-state index in [0.29, 0.717) is 0 Å². The van der Waals surface area contributed by atoms with E-state index in [-0.39, 0.29) is 34.1 Å². The van der Waals surface area contributed by atoms with Crippen molar-refractivity contribution in [1.29, 1.82) is 0 Å². The predicted molar refractivity (Wildman–Crippen MR) is 57.3 cm³/mol. The minimum Gasteiger partial charge on any atom is -0.398 e. The standard InChI is InChI=1S/C10H10N2O4/c1-5(13)8-3-7(16-12-15)4-9(11)10(8)6(2)14/h3-4H,11H2,1-2H3. The van der Waals surface area contributed by atoms with Gasteiger partial charge in [0.15, 0.2) is 22.7 Å². The summed E-state index contributed by atoms with van der Waals surface area (Å²) < 4.78 is 0. The summed E-state index contributed by atoms with van der Waals surface area (Å²) in [5, 5.41) is 2.22. The van der Waals surface area contributed by atoms with E-state index in [1.54, 1.807) is 0 Å². The monoisotopic (exact) mass is 222 g/mol. The number of carbonyl (C=O) groups is 2. The number of nitrogens with zero attached hydrogens (tertiary/aromatic N) is 1. The molecule has 0 aromatic heterocycles. The lowest BCUT2D eigenvalue weighted by Crippen LogP contribution is -2.08. The number of carbonyl (C=O) groups excluding carboxylic acids is 2. The number of rotatable bonds is 4. The first-order valence-corrected chi connectivity index (χ1v) is 4.42. The summed E-state index contributed by atoms with van der Waals surface area (Å²) in [4.78, 5) is 36.9. The molecule has 0 aliphatic carbocycles. The van der Waals surface area contributed by atoms with E-state index in [2.05, 4.69) is 10.2 Å². The van der Waals surface area contributed by atoms with Crippen LogP contribution in [-0.2, 0) is 0 Å². The summed E-state index contributed by atoms with van der Waals surface area (Å²) in [6, 6.07) is 2.53. The van der Waals surface area contributed by atoms with Gasteiger partial charge < -0.3 is 10.6 Å². The number of nitrogens with two attached hydrogens (primary N) is 1. The van der Waals surface area contributed by atoms with E-state index in [0.717, 1.165) is 0 Å². The van der Waals surface area contributed by atoms with Crippen LogP contribution >= 0.6 is 0 Å². The summed E-state index contributed by atoms with van der Waals surface area (Å²) in [5.41, 5.74) is 5.92. The molecule has 0 aliphatic heterocycles. The fraction of sp³-hybridized carbons (Fsp3) is 0.200. The third-order valence-electron chi connectivity index (χ3n) is 2.02. The largest absolute Gasteiger partial charge is 0.398 e. The van der Waals surface area contributed by atoms with Gasteiger partial charge in [0, 0.05) is 17.3 Å². The second kappa shape index (κ2) is 4.52. The minimum absolute atomic E-state index is 0.0303. The second-order valence-corrected chi connectivity index (χ2v) is 3.21. The van der Waals surface area contributed by atoms with Crippen molar-refractivity contribution in [3.63, 3.8) is 0 Å². The van der Waals surface area contributed by atoms with Crippen molar-refractivity contribution < 1.29 is 14.4 Å². The maximum atomic E-state index is 11.3. The molecule has 0 saturated carbocycles. The highest BCUT2D eigenvalue weighted by Gasteiger charge is 2.17. The van der Waals surface area contributed by atoms with E-state index in [9.17, 15) is 14.5 Å². The predicted octanol–water partition coefficient (Wildman–Crippen LogP) is 1.73. The molecule has 84 valence electrons. The van der Waals surface area contributed by atoms with Gasteiger partial charge in [0.05, 0.1) is 5.56 Å². The van der Waals surface area contributed by atoms with Gasteiger partial charge in [0.2, 0.25) is 0 Å². The Morgan fingerprint density at radius 2 is 1.88 bits per heavy atom. The van der Waals surface area contributed by atoms with Crippen LogP contribution in [0.5, 0.6) is 5.75 Å². The third-order valence-corrected chi connectivity index (χ3v) is 2.02. The normalized spacial score (nSPS) is 9.62. The molecule has 0 atom stereocenters. The Kier molecular flexibility index (Phi) is 3.34. The summed E-state index contributed by atoms with van der Waals surface area (Å²) in [7, 11) is 0. The van der Waals surface area contributed by atoms with Crippen LogP contribution in [0, 0.1) is 4.91 Å². The summed E-state index contributed by atoms with van der Waals surface area (Å²) in [6.45, 7) is 2.59. The zero-order valence-electron chi connectivity index (χ0n) is 8.81. The van der Waals surface area contributed by atoms with Crippen molar-refractivity contribution >= 4 is 17.3 Å². The average Bonchev–Trinajstić information content (AvgIpc) is 2.16. The Labute approximate surface area is 91.3 Å². The van der Waals surface area contributed by atoms with Crippen molar-refractivity contribution in [1.82, 2.24) is 0 Å². The van der Waals surface area contributed by atoms with Crippen LogP contribution in [0.2, 0.25) is 0 Å². The molecule has 0 heterocycles. The van der Waals surface area contributed by atoms with Gasteiger partial charge in [0.25, 0.3) is 0 Å². The van der Waals surface area contributed by atoms with Gasteiger partial charge in [0.1, 0.15) is 0 Å². The molecular formula is C10H10N2O4. The highest BCUT2D eigenvalue weighted by Crippen LogP contribution is 2.25. The van der Waals surface area contributed by atoms with Crippen LogP contribution in [-0.4, -0.2) is 11.6 Å². The van der Waals surface area contributed by atoms with E-state index in [1.807, 2.05) is 0 Å². The molecule has 1 rings (SSSR count). The topological polar surface area (TPSA) is 98.8 Å². The lowest BCUT2D eigenvalue weighted by molar-refractivity contribution is 0.0981. The van der Waals surface area contributed by atoms with Crippen molar-refractivity contribution in [2.24, 2.45) is 5.34 Å². The molecule has 1 aromatic carbocycles. The smallest absolute Gasteiger partial charge is 0.164 e. The van der Waals surface area contributed by atoms with Crippen LogP contribution in [0.4, 0.5) is 5.69 Å². The van der Waals surface area contributed by atoms with Crippen molar-refractivity contribution in [2.75, 3.05) is 5.73 Å². The Hall–Kier alpha value is -2.24. The van der Waals surface area contributed by atoms with Gasteiger partial charge in [-0.2, -0.15) is 0 Å². The molecule has 0 amide bonds. The van der Waals surface area contributed by atoms with Crippen molar-refractivity contribution in [3.8, 4) is 5.75 Å². The number of hydrogen-bond acceptors (Lipinski definition) is 6. The zero-order valence-corrected chi connectivity index (χ0v) is 8.81. The van der Waals surface area contributed by atoms with Gasteiger partial charge in [-0.3, -0.25) is 9.59 Å². The first-order chi connectivity index (χ1) is 7.47. The van der Waals surface area contributed by atoms with Crippen molar-refractivity contribution in [2.45, 2.75) is 13.8 Å². The van der Waals surface area contributed by atoms with E-state index >= 15 is 0 Å². The van der Waals surface area contributed by atoms with Crippen LogP contribution in [0.1, 0.15) is 34.6 Å². The van der Waals surface area contributed by atoms with Crippen LogP contribution in [0.25, 0.3) is 0 Å². The molecule has 0 unspecified atom stereocenters. The fourth-order valence-electron chi connectivity index (χ4n) is 1.40. The molecule has 16 heavy (non-hydrogen) atoms. The van der Waals surface area contributed by atoms with Crippen LogP contribution < -0.4 is 10.6 Å². The summed E-state index contributed by atoms with van der Waals surface area (Å²) in [6.07, 6.45) is 0. The molecule has 0 saturated heterocycles. The van der Waals surface area contributed by atoms with Gasteiger partial charge >= 0.3 is 0 Å². The number of ketones is 2. The number of Topliss-reactive ketones (excluding diaryl/α,β-unsaturated/α-hetero) is 2. The molecule has 0 aliphatic rings. The Morgan fingerprint density at radius 3 is 2.31 bits per heavy atom. The fourth-order valence-corrected chi connectivity index (χ4v) is 1.40. The van der Waals surface area contributed by atoms with E-state index in [4.69, 9.17) is 5.73 Å². The van der Waals surface area contributed by atoms with Crippen LogP contribution in [0.3, 0.4) is 0 Å². The first-order valence-electron chi connectivity index (χ1n) is 4.42. The summed E-state index contributed by atoms with van der Waals surface area (Å²) in [5.74, 6) is -0.635. The molecule has 0 bridgehead atoms. The SMILES string of the molecule is CC(=O)c1cc(ON=O)cc(N)c1C(C)=O. The maximum Gasteiger partial charge on any atom is 0.164 e. The van der Waals surface area contributed by atoms with Crippen LogP contribution in [0.15, 0.2) is 17.5 Å². The second-order valence-electron chi connectivity index (χ2n) is 3.21. The summed E-state index contributed by atoms with van der Waals surface area (Å²) >= 11 is 0. The number of benzene rings is 1. The molecular weight excluding hydrogens is 212 g/mol. The lowest BCUT2D eigenvalue weighted by Gasteiger charge is -2.08. The Balaban J connectivity index is 3.45. The van der Waals surface area contributed by atoms with Gasteiger partial charge in [-0.1, -0.05) is 0 Å². The number of hydrogen-bond donors (Lipinski definition) is 1. The first kappa shape index (κ1) is 11.8. The molecule has 2 N–H and O–H groups in total. The van der Waals surface area contributed by atoms with Crippen molar-refractivity contribution in [3.05, 3.63) is 28.2 Å².